The summed E-state index contributed by atoms with van der Waals surface area (Å²) in [6.45, 7) is 4.07. The molecule has 0 amide bonds. The number of carbonyl (C=O) groups excluding carboxylic acids is 1. The maximum atomic E-state index is 13.9. The lowest BCUT2D eigenvalue weighted by molar-refractivity contribution is 0.0985. The van der Waals surface area contributed by atoms with Crippen LogP contribution in [-0.2, 0) is 0 Å². The van der Waals surface area contributed by atoms with Crippen LogP contribution in [0.5, 0.6) is 0 Å². The Balaban J connectivity index is 1.80. The van der Waals surface area contributed by atoms with E-state index in [0.29, 0.717) is 5.56 Å². The van der Waals surface area contributed by atoms with Gasteiger partial charge in [-0.1, -0.05) is 84.4 Å². The van der Waals surface area contributed by atoms with Crippen molar-refractivity contribution in [2.45, 2.75) is 25.1 Å². The van der Waals surface area contributed by atoms with Gasteiger partial charge < -0.3 is 5.32 Å². The van der Waals surface area contributed by atoms with Crippen molar-refractivity contribution in [3.63, 3.8) is 0 Å². The van der Waals surface area contributed by atoms with Gasteiger partial charge in [0.2, 0.25) is 0 Å². The van der Waals surface area contributed by atoms with Gasteiger partial charge in [-0.25, -0.2) is 0 Å². The number of benzene rings is 4. The van der Waals surface area contributed by atoms with Gasteiger partial charge in [-0.2, -0.15) is 5.26 Å². The van der Waals surface area contributed by atoms with Gasteiger partial charge in [0.15, 0.2) is 5.78 Å². The highest BCUT2D eigenvalue weighted by Crippen LogP contribution is 2.34. The number of thioether (sulfide) groups is 1. The van der Waals surface area contributed by atoms with Crippen molar-refractivity contribution in [3.8, 4) is 5.40 Å². The Morgan fingerprint density at radius 2 is 1.59 bits per heavy atom. The second-order valence-corrected chi connectivity index (χ2v) is 8.85. The molecule has 0 aromatic heterocycles. The quantitative estimate of drug-likeness (QED) is 0.248. The molecule has 0 aliphatic carbocycles. The first kappa shape index (κ1) is 21.7. The molecule has 4 heteroatoms. The minimum atomic E-state index is -0.617. The Morgan fingerprint density at radius 3 is 2.34 bits per heavy atom. The fourth-order valence-electron chi connectivity index (χ4n) is 3.95. The van der Waals surface area contributed by atoms with Gasteiger partial charge in [-0.3, -0.25) is 4.79 Å². The molecule has 2 atom stereocenters. The largest absolute Gasteiger partial charge is 0.377 e. The van der Waals surface area contributed by atoms with Gasteiger partial charge in [0.05, 0.1) is 6.04 Å². The molecule has 0 fully saturated rings. The van der Waals surface area contributed by atoms with Crippen molar-refractivity contribution in [1.29, 1.82) is 5.26 Å². The lowest BCUT2D eigenvalue weighted by atomic mass is 9.93. The lowest BCUT2D eigenvalue weighted by Crippen LogP contribution is -2.30. The third-order valence-electron chi connectivity index (χ3n) is 5.57. The number of thiocyanates is 1. The van der Waals surface area contributed by atoms with Gasteiger partial charge in [-0.15, -0.1) is 0 Å². The summed E-state index contributed by atoms with van der Waals surface area (Å²) in [7, 11) is 0. The van der Waals surface area contributed by atoms with Crippen LogP contribution < -0.4 is 5.32 Å². The summed E-state index contributed by atoms with van der Waals surface area (Å²) < 4.78 is 0. The fraction of sp³-hybridized carbons (Fsp3) is 0.143. The maximum Gasteiger partial charge on any atom is 0.179 e. The van der Waals surface area contributed by atoms with E-state index in [1.54, 1.807) is 0 Å². The summed E-state index contributed by atoms with van der Waals surface area (Å²) in [5.41, 5.74) is 4.80. The highest BCUT2D eigenvalue weighted by Gasteiger charge is 2.32. The first-order valence-corrected chi connectivity index (χ1v) is 11.4. The number of aryl methyl sites for hydroxylation is 2. The molecule has 0 bridgehead atoms. The Labute approximate surface area is 193 Å². The Bertz CT molecular complexity index is 1290. The zero-order valence-corrected chi connectivity index (χ0v) is 18.9. The van der Waals surface area contributed by atoms with Gasteiger partial charge in [0, 0.05) is 11.3 Å². The smallest absolute Gasteiger partial charge is 0.179 e. The zero-order valence-electron chi connectivity index (χ0n) is 18.1. The summed E-state index contributed by atoms with van der Waals surface area (Å²) >= 11 is 1.01. The van der Waals surface area contributed by atoms with E-state index >= 15 is 0 Å². The van der Waals surface area contributed by atoms with Crippen LogP contribution >= 0.6 is 11.8 Å². The molecule has 0 unspecified atom stereocenters. The fourth-order valence-corrected chi connectivity index (χ4v) is 4.65. The summed E-state index contributed by atoms with van der Waals surface area (Å²) in [6.07, 6.45) is 0. The third kappa shape index (κ3) is 4.69. The molecule has 4 rings (SSSR count). The monoisotopic (exact) mass is 436 g/mol. The molecule has 0 spiro atoms. The van der Waals surface area contributed by atoms with Crippen LogP contribution in [0, 0.1) is 24.5 Å². The number of nitriles is 1. The van der Waals surface area contributed by atoms with E-state index in [2.05, 4.69) is 16.8 Å². The minimum Gasteiger partial charge on any atom is -0.377 e. The predicted octanol–water partition coefficient (Wildman–Crippen LogP) is 7.08. The number of ketones is 1. The molecular formula is C28H24N2OS. The van der Waals surface area contributed by atoms with E-state index in [1.807, 2.05) is 98.8 Å². The van der Waals surface area contributed by atoms with Gasteiger partial charge in [0.1, 0.15) is 10.7 Å². The molecule has 0 saturated heterocycles. The molecule has 0 radical (unpaired) electrons. The van der Waals surface area contributed by atoms with Crippen molar-refractivity contribution in [1.82, 2.24) is 0 Å². The lowest BCUT2D eigenvalue weighted by Gasteiger charge is -2.27. The Hall–Kier alpha value is -3.55. The highest BCUT2D eigenvalue weighted by molar-refractivity contribution is 8.05. The summed E-state index contributed by atoms with van der Waals surface area (Å²) in [6, 6.07) is 29.5. The molecule has 158 valence electrons. The second kappa shape index (κ2) is 9.72. The number of rotatable bonds is 7. The van der Waals surface area contributed by atoms with Crippen LogP contribution in [0.3, 0.4) is 0 Å². The summed E-state index contributed by atoms with van der Waals surface area (Å²) in [4.78, 5) is 13.9. The number of fused-ring (bicyclic) bond motifs is 1. The minimum absolute atomic E-state index is 0.0564. The van der Waals surface area contributed by atoms with Gasteiger partial charge >= 0.3 is 0 Å². The second-order valence-electron chi connectivity index (χ2n) is 7.92. The molecule has 32 heavy (non-hydrogen) atoms. The Morgan fingerprint density at radius 1 is 0.875 bits per heavy atom. The molecule has 3 nitrogen and oxygen atoms in total. The Kier molecular flexibility index (Phi) is 6.58. The van der Waals surface area contributed by atoms with Crippen LogP contribution in [-0.4, -0.2) is 11.0 Å². The molecule has 4 aromatic carbocycles. The zero-order chi connectivity index (χ0) is 22.5. The van der Waals surface area contributed by atoms with Crippen molar-refractivity contribution >= 4 is 34.0 Å². The molecule has 1 N–H and O–H groups in total. The van der Waals surface area contributed by atoms with E-state index in [1.165, 1.54) is 0 Å². The van der Waals surface area contributed by atoms with E-state index in [4.69, 9.17) is 0 Å². The highest BCUT2D eigenvalue weighted by atomic mass is 32.2. The van der Waals surface area contributed by atoms with Crippen LogP contribution in [0.4, 0.5) is 5.69 Å². The third-order valence-corrected chi connectivity index (χ3v) is 6.42. The van der Waals surface area contributed by atoms with Crippen molar-refractivity contribution in [2.75, 3.05) is 5.32 Å². The number of Topliss-reactive ketones (excluding diaryl/α,β-unsaturated/α-hetero) is 1. The van der Waals surface area contributed by atoms with Crippen LogP contribution in [0.2, 0.25) is 0 Å². The van der Waals surface area contributed by atoms with E-state index in [0.717, 1.165) is 44.9 Å². The average Bonchev–Trinajstić information content (AvgIpc) is 2.81. The summed E-state index contributed by atoms with van der Waals surface area (Å²) in [5, 5.41) is 16.7. The standard InChI is InChI=1S/C28H24N2OS/c1-19-13-15-22(16-14-19)26(30-23-10-5-7-20(2)17-23)28(32-18-29)27(31)25-12-6-9-21-8-3-4-11-24(21)25/h3-17,26,28,30H,1-2H3/t26-,28+/m0/s1. The molecular weight excluding hydrogens is 412 g/mol. The SMILES string of the molecule is Cc1ccc([C@H](Nc2cccc(C)c2)[C@@H](SC#N)C(=O)c2cccc3ccccc23)cc1. The molecule has 0 saturated carbocycles. The first-order valence-electron chi connectivity index (χ1n) is 10.5. The molecule has 4 aromatic rings. The number of hydrogen-bond acceptors (Lipinski definition) is 4. The van der Waals surface area contributed by atoms with Crippen LogP contribution in [0.25, 0.3) is 10.8 Å². The number of anilines is 1. The number of hydrogen-bond donors (Lipinski definition) is 1. The van der Waals surface area contributed by atoms with Gasteiger partial charge in [0.25, 0.3) is 0 Å². The topological polar surface area (TPSA) is 52.9 Å². The predicted molar refractivity (Wildman–Crippen MR) is 134 cm³/mol. The number of nitrogens with zero attached hydrogens (tertiary/aromatic N) is 1. The number of carbonyl (C=O) groups is 1. The number of nitrogens with one attached hydrogen (secondary N) is 1. The molecule has 0 aliphatic rings. The van der Waals surface area contributed by atoms with Crippen molar-refractivity contribution in [2.24, 2.45) is 0 Å². The van der Waals surface area contributed by atoms with E-state index < -0.39 is 5.25 Å². The van der Waals surface area contributed by atoms with Crippen molar-refractivity contribution < 1.29 is 4.79 Å². The van der Waals surface area contributed by atoms with Gasteiger partial charge in [-0.05, 0) is 59.6 Å². The average molecular weight is 437 g/mol. The maximum absolute atomic E-state index is 13.9. The van der Waals surface area contributed by atoms with Crippen LogP contribution in [0.1, 0.15) is 33.1 Å². The first-order chi connectivity index (χ1) is 15.6. The van der Waals surface area contributed by atoms with E-state index in [9.17, 15) is 10.1 Å². The van der Waals surface area contributed by atoms with E-state index in [-0.39, 0.29) is 11.8 Å². The van der Waals surface area contributed by atoms with Crippen molar-refractivity contribution in [3.05, 3.63) is 113 Å². The molecule has 0 aliphatic heterocycles. The molecule has 0 heterocycles. The van der Waals surface area contributed by atoms with Crippen LogP contribution in [0.15, 0.2) is 91.0 Å². The normalized spacial score (nSPS) is 12.7. The summed E-state index contributed by atoms with van der Waals surface area (Å²) in [5.74, 6) is -0.0564.